The number of piperazine rings is 1. The predicted molar refractivity (Wildman–Crippen MR) is 104 cm³/mol. The maximum absolute atomic E-state index is 13.0. The summed E-state index contributed by atoms with van der Waals surface area (Å²) >= 11 is 0. The van der Waals surface area contributed by atoms with Crippen LogP contribution in [0.4, 0.5) is 10.1 Å². The Morgan fingerprint density at radius 2 is 1.58 bits per heavy atom. The highest BCUT2D eigenvalue weighted by Gasteiger charge is 2.33. The molecule has 0 aromatic heterocycles. The van der Waals surface area contributed by atoms with Crippen molar-refractivity contribution in [3.8, 4) is 0 Å². The summed E-state index contributed by atoms with van der Waals surface area (Å²) in [4.78, 5) is 17.4. The molecule has 5 heteroatoms. The molecular weight excluding hydrogens is 329 g/mol. The molecule has 1 aliphatic heterocycles. The molecule has 1 amide bonds. The number of carbonyl (C=O) groups excluding carboxylic acids is 1. The van der Waals surface area contributed by atoms with Crippen LogP contribution in [0.2, 0.25) is 0 Å². The van der Waals surface area contributed by atoms with Crippen molar-refractivity contribution in [2.75, 3.05) is 31.5 Å². The zero-order chi connectivity index (χ0) is 18.7. The average Bonchev–Trinajstić information content (AvgIpc) is 2.63. The van der Waals surface area contributed by atoms with Crippen LogP contribution >= 0.6 is 0 Å². The van der Waals surface area contributed by atoms with E-state index in [9.17, 15) is 9.18 Å². The number of nitrogens with zero attached hydrogens (tertiary/aromatic N) is 2. The molecule has 0 radical (unpaired) electrons. The van der Waals surface area contributed by atoms with Gasteiger partial charge in [0.1, 0.15) is 5.82 Å². The predicted octanol–water partition coefficient (Wildman–Crippen LogP) is 3.74. The molecule has 1 saturated carbocycles. The minimum Gasteiger partial charge on any atom is -0.382 e. The second-order valence-electron chi connectivity index (χ2n) is 8.68. The molecule has 1 heterocycles. The van der Waals surface area contributed by atoms with Crippen LogP contribution in [0.25, 0.3) is 0 Å². The van der Waals surface area contributed by atoms with E-state index in [4.69, 9.17) is 0 Å². The van der Waals surface area contributed by atoms with E-state index in [1.54, 1.807) is 12.1 Å². The fourth-order valence-corrected chi connectivity index (χ4v) is 4.12. The summed E-state index contributed by atoms with van der Waals surface area (Å²) in [6.07, 6.45) is 3.87. The van der Waals surface area contributed by atoms with Crippen LogP contribution in [0.1, 0.15) is 46.5 Å². The lowest BCUT2D eigenvalue weighted by Gasteiger charge is -2.43. The largest absolute Gasteiger partial charge is 0.382 e. The summed E-state index contributed by atoms with van der Waals surface area (Å²) < 4.78 is 13.0. The van der Waals surface area contributed by atoms with Gasteiger partial charge in [-0.3, -0.25) is 9.69 Å². The van der Waals surface area contributed by atoms with Crippen LogP contribution in [-0.2, 0) is 4.79 Å². The standard InChI is InChI=1S/C21H32FN3O/c1-21(2,3)25-14-12-24(13-15-25)20(26)16-4-8-18(9-5-16)23-19-10-6-17(22)7-11-19/h6-7,10-11,16,18,23H,4-5,8-9,12-15H2,1-3H3/t16-,18-. The Kier molecular flexibility index (Phi) is 5.86. The third-order valence-corrected chi connectivity index (χ3v) is 5.83. The van der Waals surface area contributed by atoms with Crippen molar-refractivity contribution in [1.29, 1.82) is 0 Å². The van der Waals surface area contributed by atoms with Gasteiger partial charge in [0, 0.05) is 49.4 Å². The molecule has 4 nitrogen and oxygen atoms in total. The highest BCUT2D eigenvalue weighted by Crippen LogP contribution is 2.29. The van der Waals surface area contributed by atoms with Crippen LogP contribution in [0.15, 0.2) is 24.3 Å². The Balaban J connectivity index is 1.44. The van der Waals surface area contributed by atoms with Crippen molar-refractivity contribution < 1.29 is 9.18 Å². The molecule has 3 rings (SSSR count). The van der Waals surface area contributed by atoms with E-state index in [0.717, 1.165) is 57.5 Å². The van der Waals surface area contributed by atoms with Gasteiger partial charge in [-0.25, -0.2) is 4.39 Å². The molecule has 1 aromatic carbocycles. The zero-order valence-electron chi connectivity index (χ0n) is 16.3. The summed E-state index contributed by atoms with van der Waals surface area (Å²) in [5.41, 5.74) is 1.14. The number of nitrogens with one attached hydrogen (secondary N) is 1. The molecule has 1 saturated heterocycles. The first-order chi connectivity index (χ1) is 12.3. The molecule has 0 bridgehead atoms. The van der Waals surface area contributed by atoms with Gasteiger partial charge >= 0.3 is 0 Å². The Labute approximate surface area is 156 Å². The lowest BCUT2D eigenvalue weighted by Crippen LogP contribution is -2.55. The monoisotopic (exact) mass is 361 g/mol. The summed E-state index contributed by atoms with van der Waals surface area (Å²) in [6.45, 7) is 10.3. The van der Waals surface area contributed by atoms with E-state index in [-0.39, 0.29) is 17.3 Å². The second-order valence-corrected chi connectivity index (χ2v) is 8.68. The normalized spacial score (nSPS) is 25.2. The molecule has 144 valence electrons. The molecule has 1 N–H and O–H groups in total. The van der Waals surface area contributed by atoms with Crippen molar-refractivity contribution in [3.05, 3.63) is 30.1 Å². The van der Waals surface area contributed by atoms with Crippen LogP contribution in [0.5, 0.6) is 0 Å². The lowest BCUT2D eigenvalue weighted by molar-refractivity contribution is -0.139. The molecule has 0 atom stereocenters. The average molecular weight is 362 g/mol. The van der Waals surface area contributed by atoms with Crippen molar-refractivity contribution >= 4 is 11.6 Å². The highest BCUT2D eigenvalue weighted by atomic mass is 19.1. The van der Waals surface area contributed by atoms with Crippen molar-refractivity contribution in [3.63, 3.8) is 0 Å². The fraction of sp³-hybridized carbons (Fsp3) is 0.667. The molecular formula is C21H32FN3O. The van der Waals surface area contributed by atoms with E-state index in [0.29, 0.717) is 11.9 Å². The van der Waals surface area contributed by atoms with E-state index in [2.05, 4.69) is 35.9 Å². The summed E-state index contributed by atoms with van der Waals surface area (Å²) in [5, 5.41) is 3.47. The molecule has 2 aliphatic rings. The number of amides is 1. The molecule has 1 aromatic rings. The smallest absolute Gasteiger partial charge is 0.225 e. The molecule has 26 heavy (non-hydrogen) atoms. The molecule has 2 fully saturated rings. The molecule has 0 spiro atoms. The first-order valence-electron chi connectivity index (χ1n) is 9.89. The Morgan fingerprint density at radius 3 is 2.12 bits per heavy atom. The SMILES string of the molecule is CC(C)(C)N1CCN(C(=O)[C@H]2CC[C@H](Nc3ccc(F)cc3)CC2)CC1. The minimum absolute atomic E-state index is 0.169. The van der Waals surface area contributed by atoms with E-state index in [1.165, 1.54) is 12.1 Å². The molecule has 0 unspecified atom stereocenters. The maximum atomic E-state index is 13.0. The number of hydrogen-bond acceptors (Lipinski definition) is 3. The van der Waals surface area contributed by atoms with Gasteiger partial charge in [0.2, 0.25) is 5.91 Å². The lowest BCUT2D eigenvalue weighted by atomic mass is 9.85. The third-order valence-electron chi connectivity index (χ3n) is 5.83. The summed E-state index contributed by atoms with van der Waals surface area (Å²) in [6, 6.07) is 6.90. The van der Waals surface area contributed by atoms with E-state index >= 15 is 0 Å². The molecule has 1 aliphatic carbocycles. The first-order valence-corrected chi connectivity index (χ1v) is 9.89. The van der Waals surface area contributed by atoms with E-state index in [1.807, 2.05) is 0 Å². The second kappa shape index (κ2) is 7.95. The Bertz CT molecular complexity index is 595. The Morgan fingerprint density at radius 1 is 1.00 bits per heavy atom. The van der Waals surface area contributed by atoms with Gasteiger partial charge in [0.15, 0.2) is 0 Å². The number of benzene rings is 1. The van der Waals surface area contributed by atoms with E-state index < -0.39 is 0 Å². The minimum atomic E-state index is -0.212. The van der Waals surface area contributed by atoms with Gasteiger partial charge in [0.25, 0.3) is 0 Å². The Hall–Kier alpha value is -1.62. The number of anilines is 1. The zero-order valence-corrected chi connectivity index (χ0v) is 16.3. The van der Waals surface area contributed by atoms with Gasteiger partial charge in [0.05, 0.1) is 0 Å². The van der Waals surface area contributed by atoms with Gasteiger partial charge in [-0.1, -0.05) is 0 Å². The summed E-state index contributed by atoms with van der Waals surface area (Å²) in [5.74, 6) is 0.303. The van der Waals surface area contributed by atoms with Crippen LogP contribution in [0.3, 0.4) is 0 Å². The van der Waals surface area contributed by atoms with Gasteiger partial charge in [-0.15, -0.1) is 0 Å². The topological polar surface area (TPSA) is 35.6 Å². The third kappa shape index (κ3) is 4.76. The quantitative estimate of drug-likeness (QED) is 0.891. The number of rotatable bonds is 3. The van der Waals surface area contributed by atoms with Gasteiger partial charge in [-0.05, 0) is 70.7 Å². The van der Waals surface area contributed by atoms with Gasteiger partial charge in [-0.2, -0.15) is 0 Å². The van der Waals surface area contributed by atoms with Crippen LogP contribution in [0, 0.1) is 11.7 Å². The number of halogens is 1. The van der Waals surface area contributed by atoms with Gasteiger partial charge < -0.3 is 10.2 Å². The fourth-order valence-electron chi connectivity index (χ4n) is 4.12. The van der Waals surface area contributed by atoms with Crippen LogP contribution < -0.4 is 5.32 Å². The first kappa shape index (κ1) is 19.2. The number of carbonyl (C=O) groups is 1. The maximum Gasteiger partial charge on any atom is 0.225 e. The summed E-state index contributed by atoms with van der Waals surface area (Å²) in [7, 11) is 0. The number of hydrogen-bond donors (Lipinski definition) is 1. The van der Waals surface area contributed by atoms with Crippen LogP contribution in [-0.4, -0.2) is 53.5 Å². The van der Waals surface area contributed by atoms with Crippen molar-refractivity contribution in [2.24, 2.45) is 5.92 Å². The van der Waals surface area contributed by atoms with Crippen molar-refractivity contribution in [2.45, 2.75) is 58.0 Å². The highest BCUT2D eigenvalue weighted by molar-refractivity contribution is 5.79. The van der Waals surface area contributed by atoms with Crippen molar-refractivity contribution in [1.82, 2.24) is 9.80 Å².